The largest absolute Gasteiger partial charge is 0.391 e. The lowest BCUT2D eigenvalue weighted by atomic mass is 10.00. The Kier molecular flexibility index (Phi) is 9.11. The number of nitrogens with one attached hydrogen (secondary N) is 1. The van der Waals surface area contributed by atoms with Gasteiger partial charge in [0.05, 0.1) is 24.9 Å². The monoisotopic (exact) mass is 349 g/mol. The summed E-state index contributed by atoms with van der Waals surface area (Å²) in [6.07, 6.45) is -4.36. The van der Waals surface area contributed by atoms with Gasteiger partial charge in [-0.1, -0.05) is 20.3 Å². The van der Waals surface area contributed by atoms with Crippen LogP contribution in [0.4, 0.5) is 0 Å². The lowest BCUT2D eigenvalue weighted by molar-refractivity contribution is -0.295. The summed E-state index contributed by atoms with van der Waals surface area (Å²) in [5.74, 6) is -0.185. The highest BCUT2D eigenvalue weighted by atomic mass is 16.7. The number of amides is 1. The molecule has 1 rings (SSSR count). The third-order valence-electron chi connectivity index (χ3n) is 4.12. The van der Waals surface area contributed by atoms with Crippen molar-refractivity contribution in [2.24, 2.45) is 0 Å². The Morgan fingerprint density at radius 3 is 2.42 bits per heavy atom. The van der Waals surface area contributed by atoms with Crippen molar-refractivity contribution in [2.75, 3.05) is 6.61 Å². The first-order valence-electron chi connectivity index (χ1n) is 8.60. The molecule has 5 N–H and O–H groups in total. The molecule has 0 aliphatic carbocycles. The maximum atomic E-state index is 11.8. The van der Waals surface area contributed by atoms with E-state index >= 15 is 0 Å². The summed E-state index contributed by atoms with van der Waals surface area (Å²) in [7, 11) is 0. The molecule has 0 aromatic rings. The molecule has 24 heavy (non-hydrogen) atoms. The quantitative estimate of drug-likeness (QED) is 0.371. The molecule has 0 aromatic carbocycles. The highest BCUT2D eigenvalue weighted by Crippen LogP contribution is 2.22. The third-order valence-corrected chi connectivity index (χ3v) is 4.12. The van der Waals surface area contributed by atoms with Crippen molar-refractivity contribution in [1.29, 1.82) is 0 Å². The molecule has 1 heterocycles. The molecule has 1 aliphatic heterocycles. The summed E-state index contributed by atoms with van der Waals surface area (Å²) in [5, 5.41) is 42.3. The van der Waals surface area contributed by atoms with Crippen molar-refractivity contribution in [3.05, 3.63) is 0 Å². The van der Waals surface area contributed by atoms with E-state index in [-0.39, 0.29) is 12.5 Å². The maximum Gasteiger partial charge on any atom is 0.220 e. The average molecular weight is 349 g/mol. The van der Waals surface area contributed by atoms with Crippen molar-refractivity contribution in [3.63, 3.8) is 0 Å². The second-order valence-corrected chi connectivity index (χ2v) is 6.29. The summed E-state index contributed by atoms with van der Waals surface area (Å²) in [6, 6.07) is -0.640. The van der Waals surface area contributed by atoms with Gasteiger partial charge in [-0.15, -0.1) is 0 Å². The third kappa shape index (κ3) is 5.94. The average Bonchev–Trinajstić information content (AvgIpc) is 2.54. The number of aliphatic hydroxyl groups excluding tert-OH is 4. The van der Waals surface area contributed by atoms with Gasteiger partial charge in [0.1, 0.15) is 18.3 Å². The van der Waals surface area contributed by atoms with Gasteiger partial charge in [-0.2, -0.15) is 0 Å². The van der Waals surface area contributed by atoms with Crippen LogP contribution in [0.1, 0.15) is 46.5 Å². The summed E-state index contributed by atoms with van der Waals surface area (Å²) >= 11 is 0. The van der Waals surface area contributed by atoms with Crippen LogP contribution in [0.25, 0.3) is 0 Å². The number of carbonyl (C=O) groups is 1. The van der Waals surface area contributed by atoms with E-state index in [4.69, 9.17) is 9.47 Å². The van der Waals surface area contributed by atoms with Crippen LogP contribution >= 0.6 is 0 Å². The first-order chi connectivity index (χ1) is 11.3. The van der Waals surface area contributed by atoms with Gasteiger partial charge in [-0.25, -0.2) is 0 Å². The zero-order chi connectivity index (χ0) is 18.3. The molecule has 1 fully saturated rings. The molecule has 1 aliphatic rings. The zero-order valence-corrected chi connectivity index (χ0v) is 14.6. The Morgan fingerprint density at radius 1 is 1.17 bits per heavy atom. The number of ether oxygens (including phenoxy) is 2. The highest BCUT2D eigenvalue weighted by molar-refractivity contribution is 5.76. The lowest BCUT2D eigenvalue weighted by Crippen LogP contribution is -2.58. The predicted octanol–water partition coefficient (Wildman–Crippen LogP) is -0.724. The fourth-order valence-electron chi connectivity index (χ4n) is 2.60. The molecule has 8 nitrogen and oxygen atoms in total. The van der Waals surface area contributed by atoms with E-state index in [9.17, 15) is 25.2 Å². The highest BCUT2D eigenvalue weighted by Gasteiger charge is 2.42. The van der Waals surface area contributed by atoms with E-state index in [0.717, 1.165) is 6.42 Å². The minimum atomic E-state index is -1.41. The molecule has 142 valence electrons. The molecule has 1 saturated heterocycles. The molecule has 8 heteroatoms. The summed E-state index contributed by atoms with van der Waals surface area (Å²) in [4.78, 5) is 11.8. The zero-order valence-electron chi connectivity index (χ0n) is 14.6. The van der Waals surface area contributed by atoms with Gasteiger partial charge in [0.15, 0.2) is 6.29 Å². The molecule has 0 aromatic heterocycles. The van der Waals surface area contributed by atoms with Crippen LogP contribution in [0.3, 0.4) is 0 Å². The Hall–Kier alpha value is -0.770. The molecular formula is C16H31NO7. The van der Waals surface area contributed by atoms with Crippen LogP contribution in [0.15, 0.2) is 0 Å². The second kappa shape index (κ2) is 10.3. The van der Waals surface area contributed by atoms with Crippen molar-refractivity contribution in [1.82, 2.24) is 5.32 Å². The molecule has 7 atom stereocenters. The Balaban J connectivity index is 2.64. The SMILES string of the molecule is CCCC(=O)N[C@@H](COC1OC(C)C(O)C(O)C1O)[C@H](O)CCC. The van der Waals surface area contributed by atoms with Crippen LogP contribution in [0.2, 0.25) is 0 Å². The van der Waals surface area contributed by atoms with Gasteiger partial charge in [0, 0.05) is 6.42 Å². The van der Waals surface area contributed by atoms with E-state index in [2.05, 4.69) is 5.32 Å². The fraction of sp³-hybridized carbons (Fsp3) is 0.938. The number of hydrogen-bond donors (Lipinski definition) is 5. The molecule has 1 amide bonds. The topological polar surface area (TPSA) is 128 Å². The van der Waals surface area contributed by atoms with E-state index < -0.39 is 42.9 Å². The Morgan fingerprint density at radius 2 is 1.83 bits per heavy atom. The van der Waals surface area contributed by atoms with Crippen LogP contribution in [0, 0.1) is 0 Å². The van der Waals surface area contributed by atoms with Crippen LogP contribution in [0.5, 0.6) is 0 Å². The summed E-state index contributed by atoms with van der Waals surface area (Å²) < 4.78 is 10.8. The minimum absolute atomic E-state index is 0.0755. The molecule has 0 bridgehead atoms. The van der Waals surface area contributed by atoms with E-state index in [1.54, 1.807) is 6.92 Å². The first-order valence-corrected chi connectivity index (χ1v) is 8.60. The Bertz CT molecular complexity index is 381. The molecular weight excluding hydrogens is 318 g/mol. The summed E-state index contributed by atoms with van der Waals surface area (Å²) in [5.41, 5.74) is 0. The van der Waals surface area contributed by atoms with Crippen molar-refractivity contribution in [2.45, 2.75) is 89.3 Å². The number of hydrogen-bond acceptors (Lipinski definition) is 7. The van der Waals surface area contributed by atoms with Crippen LogP contribution in [-0.2, 0) is 14.3 Å². The summed E-state index contributed by atoms with van der Waals surface area (Å²) in [6.45, 7) is 5.28. The van der Waals surface area contributed by atoms with Gasteiger partial charge >= 0.3 is 0 Å². The normalized spacial score (nSPS) is 33.0. The predicted molar refractivity (Wildman–Crippen MR) is 86.1 cm³/mol. The maximum absolute atomic E-state index is 11.8. The first kappa shape index (κ1) is 21.3. The van der Waals surface area contributed by atoms with E-state index in [1.807, 2.05) is 13.8 Å². The van der Waals surface area contributed by atoms with Crippen molar-refractivity contribution >= 4 is 5.91 Å². The van der Waals surface area contributed by atoms with Gasteiger partial charge < -0.3 is 35.2 Å². The standard InChI is InChI=1S/C16H31NO7/c1-4-6-11(18)10(17-12(19)7-5-2)8-23-16-15(22)14(21)13(20)9(3)24-16/h9-11,13-16,18,20-22H,4-8H2,1-3H3,(H,17,19)/t9?,10-,11+,13?,14?,15?,16?/m0/s1. The smallest absolute Gasteiger partial charge is 0.220 e. The fourth-order valence-corrected chi connectivity index (χ4v) is 2.60. The minimum Gasteiger partial charge on any atom is -0.391 e. The van der Waals surface area contributed by atoms with E-state index in [1.165, 1.54) is 0 Å². The van der Waals surface area contributed by atoms with Gasteiger partial charge in [0.2, 0.25) is 5.91 Å². The molecule has 0 saturated carbocycles. The lowest BCUT2D eigenvalue weighted by Gasteiger charge is -2.39. The Labute approximate surface area is 142 Å². The molecule has 0 radical (unpaired) electrons. The number of rotatable bonds is 9. The second-order valence-electron chi connectivity index (χ2n) is 6.29. The van der Waals surface area contributed by atoms with Gasteiger partial charge in [-0.05, 0) is 19.8 Å². The number of aliphatic hydroxyl groups is 4. The van der Waals surface area contributed by atoms with Gasteiger partial charge in [0.25, 0.3) is 0 Å². The molecule has 0 spiro atoms. The van der Waals surface area contributed by atoms with Crippen molar-refractivity contribution < 1.29 is 34.7 Å². The van der Waals surface area contributed by atoms with Crippen LogP contribution < -0.4 is 5.32 Å². The molecule has 5 unspecified atom stereocenters. The van der Waals surface area contributed by atoms with Gasteiger partial charge in [-0.3, -0.25) is 4.79 Å². The van der Waals surface area contributed by atoms with Crippen LogP contribution in [-0.4, -0.2) is 75.8 Å². The number of carbonyl (C=O) groups excluding carboxylic acids is 1. The van der Waals surface area contributed by atoms with E-state index in [0.29, 0.717) is 19.3 Å². The van der Waals surface area contributed by atoms with Crippen molar-refractivity contribution in [3.8, 4) is 0 Å².